The maximum Gasteiger partial charge on any atom is 0.0681 e. The maximum atomic E-state index is 6.50. The van der Waals surface area contributed by atoms with Gasteiger partial charge in [-0.05, 0) is 31.9 Å². The van der Waals surface area contributed by atoms with Crippen LogP contribution in [-0.4, -0.2) is 0 Å². The van der Waals surface area contributed by atoms with E-state index in [9.17, 15) is 0 Å². The Labute approximate surface area is 122 Å². The van der Waals surface area contributed by atoms with E-state index in [0.717, 1.165) is 6.42 Å². The van der Waals surface area contributed by atoms with Crippen LogP contribution < -0.4 is 0 Å². The lowest BCUT2D eigenvalue weighted by Gasteiger charge is -2.08. The number of rotatable bonds is 9. The number of alkyl halides is 1. The van der Waals surface area contributed by atoms with Gasteiger partial charge < -0.3 is 0 Å². The van der Waals surface area contributed by atoms with Gasteiger partial charge in [-0.1, -0.05) is 51.9 Å². The SMILES string of the molecule is CCCCCCCCCC(Cl)c1sc(C)cc1C. The normalized spacial score (nSPS) is 12.9. The molecule has 0 aliphatic rings. The summed E-state index contributed by atoms with van der Waals surface area (Å²) >= 11 is 8.36. The Kier molecular flexibility index (Phi) is 8.01. The lowest BCUT2D eigenvalue weighted by atomic mass is 10.1. The topological polar surface area (TPSA) is 0 Å². The standard InChI is InChI=1S/C16H27ClS/c1-4-5-6-7-8-9-10-11-15(17)16-13(2)12-14(3)18-16/h12,15H,4-11H2,1-3H3. The van der Waals surface area contributed by atoms with Gasteiger partial charge >= 0.3 is 0 Å². The van der Waals surface area contributed by atoms with E-state index in [1.807, 2.05) is 11.3 Å². The van der Waals surface area contributed by atoms with Crippen molar-refractivity contribution in [3.8, 4) is 0 Å². The van der Waals surface area contributed by atoms with E-state index in [2.05, 4.69) is 26.8 Å². The van der Waals surface area contributed by atoms with Crippen LogP contribution in [0.1, 0.15) is 79.0 Å². The van der Waals surface area contributed by atoms with Gasteiger partial charge in [-0.15, -0.1) is 22.9 Å². The molecular formula is C16H27ClS. The van der Waals surface area contributed by atoms with Crippen molar-refractivity contribution in [3.63, 3.8) is 0 Å². The fourth-order valence-electron chi connectivity index (χ4n) is 2.38. The van der Waals surface area contributed by atoms with E-state index in [0.29, 0.717) is 0 Å². The summed E-state index contributed by atoms with van der Waals surface area (Å²) in [4.78, 5) is 2.77. The molecule has 0 amide bonds. The number of aryl methyl sites for hydroxylation is 2. The Morgan fingerprint density at radius 1 is 1.06 bits per heavy atom. The Morgan fingerprint density at radius 3 is 2.22 bits per heavy atom. The maximum absolute atomic E-state index is 6.50. The van der Waals surface area contributed by atoms with Gasteiger partial charge in [0.25, 0.3) is 0 Å². The summed E-state index contributed by atoms with van der Waals surface area (Å²) in [6.45, 7) is 6.61. The smallest absolute Gasteiger partial charge is 0.0681 e. The molecule has 0 saturated carbocycles. The van der Waals surface area contributed by atoms with Gasteiger partial charge in [-0.2, -0.15) is 0 Å². The zero-order valence-electron chi connectivity index (χ0n) is 12.1. The van der Waals surface area contributed by atoms with Crippen LogP contribution in [0.5, 0.6) is 0 Å². The minimum Gasteiger partial charge on any atom is -0.144 e. The molecule has 0 aliphatic carbocycles. The van der Waals surface area contributed by atoms with Crippen molar-refractivity contribution in [3.05, 3.63) is 21.4 Å². The van der Waals surface area contributed by atoms with Crippen molar-refractivity contribution in [2.75, 3.05) is 0 Å². The molecule has 1 heterocycles. The summed E-state index contributed by atoms with van der Waals surface area (Å²) in [5.41, 5.74) is 1.38. The first kappa shape index (κ1) is 16.0. The second-order valence-corrected chi connectivity index (χ2v) is 7.10. The quantitative estimate of drug-likeness (QED) is 0.346. The highest BCUT2D eigenvalue weighted by Gasteiger charge is 2.12. The third-order valence-corrected chi connectivity index (χ3v) is 5.26. The lowest BCUT2D eigenvalue weighted by molar-refractivity contribution is 0.573. The summed E-state index contributed by atoms with van der Waals surface area (Å²) in [7, 11) is 0. The average Bonchev–Trinajstić information content (AvgIpc) is 2.67. The molecule has 0 spiro atoms. The molecule has 104 valence electrons. The fourth-order valence-corrected chi connectivity index (χ4v) is 3.89. The van der Waals surface area contributed by atoms with Gasteiger partial charge in [0.1, 0.15) is 0 Å². The Balaban J connectivity index is 2.14. The monoisotopic (exact) mass is 286 g/mol. The van der Waals surface area contributed by atoms with Crippen LogP contribution in [0.2, 0.25) is 0 Å². The average molecular weight is 287 g/mol. The molecule has 2 heteroatoms. The summed E-state index contributed by atoms with van der Waals surface area (Å²) in [6.07, 6.45) is 10.7. The highest BCUT2D eigenvalue weighted by molar-refractivity contribution is 7.12. The van der Waals surface area contributed by atoms with Gasteiger partial charge in [0, 0.05) is 9.75 Å². The Morgan fingerprint density at radius 2 is 1.67 bits per heavy atom. The highest BCUT2D eigenvalue weighted by atomic mass is 35.5. The summed E-state index contributed by atoms with van der Waals surface area (Å²) in [5.74, 6) is 0. The molecule has 18 heavy (non-hydrogen) atoms. The second kappa shape index (κ2) is 8.98. The second-order valence-electron chi connectivity index (χ2n) is 5.28. The third kappa shape index (κ3) is 5.75. The van der Waals surface area contributed by atoms with Crippen LogP contribution >= 0.6 is 22.9 Å². The van der Waals surface area contributed by atoms with Gasteiger partial charge in [-0.3, -0.25) is 0 Å². The molecule has 1 aromatic heterocycles. The van der Waals surface area contributed by atoms with Crippen molar-refractivity contribution in [2.45, 2.75) is 77.5 Å². The van der Waals surface area contributed by atoms with E-state index < -0.39 is 0 Å². The van der Waals surface area contributed by atoms with E-state index in [4.69, 9.17) is 11.6 Å². The van der Waals surface area contributed by atoms with Gasteiger partial charge in [-0.25, -0.2) is 0 Å². The van der Waals surface area contributed by atoms with E-state index in [1.54, 1.807) is 0 Å². The van der Waals surface area contributed by atoms with Crippen LogP contribution in [0.3, 0.4) is 0 Å². The number of hydrogen-bond acceptors (Lipinski definition) is 1. The summed E-state index contributed by atoms with van der Waals surface area (Å²) in [6, 6.07) is 2.25. The molecule has 1 rings (SSSR count). The Bertz CT molecular complexity index is 330. The van der Waals surface area contributed by atoms with Crippen LogP contribution in [0, 0.1) is 13.8 Å². The number of unbranched alkanes of at least 4 members (excludes halogenated alkanes) is 6. The van der Waals surface area contributed by atoms with Gasteiger partial charge in [0.15, 0.2) is 0 Å². The van der Waals surface area contributed by atoms with Gasteiger partial charge in [0.05, 0.1) is 5.38 Å². The molecule has 0 N–H and O–H groups in total. The molecule has 1 aromatic rings. The molecule has 0 bridgehead atoms. The van der Waals surface area contributed by atoms with Crippen LogP contribution in [-0.2, 0) is 0 Å². The molecule has 0 aromatic carbocycles. The highest BCUT2D eigenvalue weighted by Crippen LogP contribution is 2.35. The van der Waals surface area contributed by atoms with Crippen molar-refractivity contribution in [2.24, 2.45) is 0 Å². The first-order chi connectivity index (χ1) is 8.65. The van der Waals surface area contributed by atoms with Gasteiger partial charge in [0.2, 0.25) is 0 Å². The van der Waals surface area contributed by atoms with E-state index >= 15 is 0 Å². The van der Waals surface area contributed by atoms with Crippen molar-refractivity contribution in [1.82, 2.24) is 0 Å². The minimum atomic E-state index is 0.236. The van der Waals surface area contributed by atoms with E-state index in [1.165, 1.54) is 60.3 Å². The number of halogens is 1. The molecule has 0 aliphatic heterocycles. The molecular weight excluding hydrogens is 260 g/mol. The first-order valence-electron chi connectivity index (χ1n) is 7.36. The first-order valence-corrected chi connectivity index (χ1v) is 8.61. The van der Waals surface area contributed by atoms with Crippen LogP contribution in [0.15, 0.2) is 6.07 Å². The summed E-state index contributed by atoms with van der Waals surface area (Å²) in [5, 5.41) is 0.236. The zero-order chi connectivity index (χ0) is 13.4. The molecule has 1 unspecified atom stereocenters. The van der Waals surface area contributed by atoms with Crippen LogP contribution in [0.4, 0.5) is 0 Å². The third-order valence-electron chi connectivity index (χ3n) is 3.42. The molecule has 0 radical (unpaired) electrons. The predicted octanol–water partition coefficient (Wildman–Crippen LogP) is 6.79. The van der Waals surface area contributed by atoms with Crippen molar-refractivity contribution < 1.29 is 0 Å². The predicted molar refractivity (Wildman–Crippen MR) is 85.0 cm³/mol. The molecule has 0 saturated heterocycles. The number of hydrogen-bond donors (Lipinski definition) is 0. The summed E-state index contributed by atoms with van der Waals surface area (Å²) < 4.78 is 0. The van der Waals surface area contributed by atoms with Crippen molar-refractivity contribution >= 4 is 22.9 Å². The Hall–Kier alpha value is -0.0100. The minimum absolute atomic E-state index is 0.236. The molecule has 0 nitrogen and oxygen atoms in total. The lowest BCUT2D eigenvalue weighted by Crippen LogP contribution is -1.90. The molecule has 1 atom stereocenters. The fraction of sp³-hybridized carbons (Fsp3) is 0.750. The zero-order valence-corrected chi connectivity index (χ0v) is 13.7. The van der Waals surface area contributed by atoms with Crippen LogP contribution in [0.25, 0.3) is 0 Å². The number of thiophene rings is 1. The molecule has 0 fully saturated rings. The van der Waals surface area contributed by atoms with E-state index in [-0.39, 0.29) is 5.38 Å². The van der Waals surface area contributed by atoms with Crippen molar-refractivity contribution in [1.29, 1.82) is 0 Å². The largest absolute Gasteiger partial charge is 0.144 e.